The first kappa shape index (κ1) is 16.6. The zero-order chi connectivity index (χ0) is 17.5. The first-order chi connectivity index (χ1) is 12.0. The van der Waals surface area contributed by atoms with Crippen molar-refractivity contribution < 1.29 is 17.9 Å². The number of hydrogen-bond donors (Lipinski definition) is 0. The highest BCUT2D eigenvalue weighted by Crippen LogP contribution is 2.45. The Morgan fingerprint density at radius 1 is 1.36 bits per heavy atom. The molecule has 3 aliphatic rings. The highest BCUT2D eigenvalue weighted by Gasteiger charge is 2.62. The standard InChI is InChI=1S/C18H22N2O4S/c21-17(14-5-1-2-6-14)20-12-18(13-20)15(8-10-25(18,22)23)11-24-16-7-3-4-9-19-16/h3-5,7,9,15H,1-2,6,8,10-13H2. The van der Waals surface area contributed by atoms with Crippen LogP contribution in [-0.2, 0) is 14.6 Å². The number of allylic oxidation sites excluding steroid dienone is 1. The maximum atomic E-state index is 12.7. The number of rotatable bonds is 4. The molecule has 3 heterocycles. The number of ether oxygens (including phenoxy) is 1. The highest BCUT2D eigenvalue weighted by atomic mass is 32.2. The van der Waals surface area contributed by atoms with Gasteiger partial charge in [0, 0.05) is 36.8 Å². The van der Waals surface area contributed by atoms with Crippen LogP contribution in [0.25, 0.3) is 0 Å². The van der Waals surface area contributed by atoms with Crippen molar-refractivity contribution in [2.45, 2.75) is 30.4 Å². The van der Waals surface area contributed by atoms with E-state index in [4.69, 9.17) is 4.74 Å². The molecule has 134 valence electrons. The van der Waals surface area contributed by atoms with Crippen molar-refractivity contribution in [2.75, 3.05) is 25.4 Å². The third-order valence-electron chi connectivity index (χ3n) is 5.69. The van der Waals surface area contributed by atoms with Crippen LogP contribution in [0.4, 0.5) is 0 Å². The Bertz CT molecular complexity index is 798. The lowest BCUT2D eigenvalue weighted by atomic mass is 9.83. The maximum absolute atomic E-state index is 12.7. The fraction of sp³-hybridized carbons (Fsp3) is 0.556. The lowest BCUT2D eigenvalue weighted by molar-refractivity contribution is -0.133. The Morgan fingerprint density at radius 3 is 2.88 bits per heavy atom. The van der Waals surface area contributed by atoms with E-state index in [2.05, 4.69) is 4.98 Å². The zero-order valence-corrected chi connectivity index (χ0v) is 14.9. The normalized spacial score (nSPS) is 26.3. The average Bonchev–Trinajstić information content (AvgIpc) is 3.18. The molecule has 1 aromatic rings. The molecule has 4 rings (SSSR count). The summed E-state index contributed by atoms with van der Waals surface area (Å²) in [6.45, 7) is 0.907. The van der Waals surface area contributed by atoms with Crippen LogP contribution in [-0.4, -0.2) is 54.4 Å². The first-order valence-corrected chi connectivity index (χ1v) is 10.4. The van der Waals surface area contributed by atoms with Crippen LogP contribution >= 0.6 is 0 Å². The second-order valence-electron chi connectivity index (χ2n) is 7.13. The summed E-state index contributed by atoms with van der Waals surface area (Å²) in [5.41, 5.74) is 0.839. The SMILES string of the molecule is O=C(C1=CCCC1)N1CC2(C1)C(COc1ccccn1)CCS2(=O)=O. The summed E-state index contributed by atoms with van der Waals surface area (Å²) < 4.78 is 30.2. The van der Waals surface area contributed by atoms with Gasteiger partial charge in [0.25, 0.3) is 0 Å². The topological polar surface area (TPSA) is 76.6 Å². The van der Waals surface area contributed by atoms with Crippen molar-refractivity contribution in [2.24, 2.45) is 5.92 Å². The minimum absolute atomic E-state index is 0.00891. The lowest BCUT2D eigenvalue weighted by Gasteiger charge is -2.49. The van der Waals surface area contributed by atoms with Gasteiger partial charge < -0.3 is 9.64 Å². The van der Waals surface area contributed by atoms with Crippen molar-refractivity contribution in [1.82, 2.24) is 9.88 Å². The molecular weight excluding hydrogens is 340 g/mol. The number of nitrogens with zero attached hydrogens (tertiary/aromatic N) is 2. The number of likely N-dealkylation sites (tertiary alicyclic amines) is 1. The van der Waals surface area contributed by atoms with E-state index in [1.165, 1.54) is 0 Å². The largest absolute Gasteiger partial charge is 0.477 e. The number of sulfone groups is 1. The van der Waals surface area contributed by atoms with E-state index in [0.717, 1.165) is 24.8 Å². The number of carbonyl (C=O) groups is 1. The van der Waals surface area contributed by atoms with Gasteiger partial charge in [-0.15, -0.1) is 0 Å². The van der Waals surface area contributed by atoms with Crippen LogP contribution in [0.5, 0.6) is 5.88 Å². The summed E-state index contributed by atoms with van der Waals surface area (Å²) in [6, 6.07) is 5.41. The molecule has 2 aliphatic heterocycles. The highest BCUT2D eigenvalue weighted by molar-refractivity contribution is 7.93. The first-order valence-electron chi connectivity index (χ1n) is 8.76. The summed E-state index contributed by atoms with van der Waals surface area (Å²) >= 11 is 0. The molecule has 6 nitrogen and oxygen atoms in total. The second kappa shape index (κ2) is 6.12. The minimum Gasteiger partial charge on any atom is -0.477 e. The Morgan fingerprint density at radius 2 is 2.20 bits per heavy atom. The van der Waals surface area contributed by atoms with Crippen LogP contribution in [0.2, 0.25) is 0 Å². The van der Waals surface area contributed by atoms with E-state index >= 15 is 0 Å². The molecule has 2 saturated heterocycles. The van der Waals surface area contributed by atoms with Crippen molar-refractivity contribution in [3.63, 3.8) is 0 Å². The molecule has 1 spiro atoms. The molecule has 1 aliphatic carbocycles. The summed E-state index contributed by atoms with van der Waals surface area (Å²) in [6.07, 6.45) is 6.98. The quantitative estimate of drug-likeness (QED) is 0.813. The van der Waals surface area contributed by atoms with E-state index in [0.29, 0.717) is 32.0 Å². The number of hydrogen-bond acceptors (Lipinski definition) is 5. The molecular formula is C18H22N2O4S. The van der Waals surface area contributed by atoms with Gasteiger partial charge in [0.05, 0.1) is 12.4 Å². The average molecular weight is 362 g/mol. The van der Waals surface area contributed by atoms with Crippen LogP contribution in [0.15, 0.2) is 36.0 Å². The molecule has 0 N–H and O–H groups in total. The van der Waals surface area contributed by atoms with Crippen molar-refractivity contribution in [1.29, 1.82) is 0 Å². The van der Waals surface area contributed by atoms with E-state index in [9.17, 15) is 13.2 Å². The molecule has 0 bridgehead atoms. The maximum Gasteiger partial charge on any atom is 0.249 e. The van der Waals surface area contributed by atoms with Crippen LogP contribution < -0.4 is 4.74 Å². The summed E-state index contributed by atoms with van der Waals surface area (Å²) in [4.78, 5) is 18.3. The Labute approximate surface area is 147 Å². The van der Waals surface area contributed by atoms with Gasteiger partial charge in [-0.1, -0.05) is 12.1 Å². The van der Waals surface area contributed by atoms with Crippen LogP contribution in [0.3, 0.4) is 0 Å². The second-order valence-corrected chi connectivity index (χ2v) is 9.58. The predicted octanol–water partition coefficient (Wildman–Crippen LogP) is 1.59. The minimum atomic E-state index is -3.21. The molecule has 1 amide bonds. The third-order valence-corrected chi connectivity index (χ3v) is 8.29. The third kappa shape index (κ3) is 2.74. The fourth-order valence-electron chi connectivity index (χ4n) is 4.14. The fourth-order valence-corrected chi connectivity index (χ4v) is 6.54. The molecule has 2 fully saturated rings. The molecule has 0 aromatic carbocycles. The van der Waals surface area contributed by atoms with Gasteiger partial charge in [-0.25, -0.2) is 13.4 Å². The van der Waals surface area contributed by atoms with Gasteiger partial charge in [0.15, 0.2) is 9.84 Å². The summed E-state index contributed by atoms with van der Waals surface area (Å²) in [5.74, 6) is 0.592. The van der Waals surface area contributed by atoms with E-state index in [1.54, 1.807) is 17.2 Å². The van der Waals surface area contributed by atoms with Gasteiger partial charge in [0.1, 0.15) is 4.75 Å². The molecule has 0 saturated carbocycles. The molecule has 25 heavy (non-hydrogen) atoms. The summed E-state index contributed by atoms with van der Waals surface area (Å²) in [5, 5.41) is 0. The lowest BCUT2D eigenvalue weighted by Crippen LogP contribution is -2.69. The number of aromatic nitrogens is 1. The van der Waals surface area contributed by atoms with E-state index < -0.39 is 14.6 Å². The monoisotopic (exact) mass is 362 g/mol. The molecule has 0 radical (unpaired) electrons. The molecule has 1 unspecified atom stereocenters. The number of amides is 1. The van der Waals surface area contributed by atoms with Gasteiger partial charge in [0.2, 0.25) is 11.8 Å². The van der Waals surface area contributed by atoms with Gasteiger partial charge >= 0.3 is 0 Å². The van der Waals surface area contributed by atoms with Gasteiger partial charge in [-0.05, 0) is 31.7 Å². The van der Waals surface area contributed by atoms with Crippen molar-refractivity contribution in [3.8, 4) is 5.88 Å². The van der Waals surface area contributed by atoms with Crippen molar-refractivity contribution >= 4 is 15.7 Å². The molecule has 7 heteroatoms. The van der Waals surface area contributed by atoms with E-state index in [1.807, 2.05) is 18.2 Å². The van der Waals surface area contributed by atoms with E-state index in [-0.39, 0.29) is 17.6 Å². The Balaban J connectivity index is 1.45. The van der Waals surface area contributed by atoms with Crippen molar-refractivity contribution in [3.05, 3.63) is 36.0 Å². The smallest absolute Gasteiger partial charge is 0.249 e. The molecule has 1 atom stereocenters. The Kier molecular flexibility index (Phi) is 4.06. The van der Waals surface area contributed by atoms with Crippen LogP contribution in [0, 0.1) is 5.92 Å². The number of pyridine rings is 1. The van der Waals surface area contributed by atoms with Gasteiger partial charge in [-0.2, -0.15) is 0 Å². The van der Waals surface area contributed by atoms with Gasteiger partial charge in [-0.3, -0.25) is 4.79 Å². The Hall–Kier alpha value is -1.89. The van der Waals surface area contributed by atoms with Crippen LogP contribution in [0.1, 0.15) is 25.7 Å². The number of carbonyl (C=O) groups excluding carboxylic acids is 1. The summed E-state index contributed by atoms with van der Waals surface area (Å²) in [7, 11) is -3.21. The zero-order valence-electron chi connectivity index (χ0n) is 14.1. The predicted molar refractivity (Wildman–Crippen MR) is 92.9 cm³/mol. The molecule has 1 aromatic heterocycles.